The van der Waals surface area contributed by atoms with Crippen molar-refractivity contribution in [3.8, 4) is 11.5 Å². The van der Waals surface area contributed by atoms with Crippen molar-refractivity contribution in [2.24, 2.45) is 0 Å². The predicted octanol–water partition coefficient (Wildman–Crippen LogP) is 3.33. The SMILES string of the molecule is COc1cc(C(F)(F)F)c(OC)cc1I. The molecular formula is C9H8F3IO2. The van der Waals surface area contributed by atoms with Crippen LogP contribution in [-0.4, -0.2) is 14.2 Å². The molecule has 2 nitrogen and oxygen atoms in total. The van der Waals surface area contributed by atoms with Gasteiger partial charge in [0.2, 0.25) is 0 Å². The van der Waals surface area contributed by atoms with Crippen LogP contribution in [0.2, 0.25) is 0 Å². The standard InChI is InChI=1S/C9H8F3IO2/c1-14-7-4-6(13)8(15-2)3-5(7)9(10,11)12/h3-4H,1-2H3. The monoisotopic (exact) mass is 332 g/mol. The van der Waals surface area contributed by atoms with Crippen LogP contribution in [0.3, 0.4) is 0 Å². The summed E-state index contributed by atoms with van der Waals surface area (Å²) in [7, 11) is 2.53. The molecule has 0 atom stereocenters. The van der Waals surface area contributed by atoms with Crippen molar-refractivity contribution < 1.29 is 22.6 Å². The molecule has 0 bridgehead atoms. The number of benzene rings is 1. The van der Waals surface area contributed by atoms with Gasteiger partial charge in [0.1, 0.15) is 17.1 Å². The van der Waals surface area contributed by atoms with Crippen LogP contribution in [-0.2, 0) is 6.18 Å². The van der Waals surface area contributed by atoms with Crippen molar-refractivity contribution in [2.75, 3.05) is 14.2 Å². The summed E-state index contributed by atoms with van der Waals surface area (Å²) in [4.78, 5) is 0. The molecule has 6 heteroatoms. The zero-order valence-corrected chi connectivity index (χ0v) is 10.1. The van der Waals surface area contributed by atoms with E-state index in [0.717, 1.165) is 6.07 Å². The number of hydrogen-bond donors (Lipinski definition) is 0. The molecular weight excluding hydrogens is 324 g/mol. The van der Waals surface area contributed by atoms with Crippen LogP contribution in [0.4, 0.5) is 13.2 Å². The lowest BCUT2D eigenvalue weighted by atomic mass is 10.2. The fraction of sp³-hybridized carbons (Fsp3) is 0.333. The van der Waals surface area contributed by atoms with Gasteiger partial charge in [0.05, 0.1) is 17.8 Å². The largest absolute Gasteiger partial charge is 0.496 e. The Kier molecular flexibility index (Phi) is 3.69. The molecule has 15 heavy (non-hydrogen) atoms. The topological polar surface area (TPSA) is 18.5 Å². The number of alkyl halides is 3. The van der Waals surface area contributed by atoms with Gasteiger partial charge in [-0.25, -0.2) is 0 Å². The summed E-state index contributed by atoms with van der Waals surface area (Å²) in [5, 5.41) is 0. The van der Waals surface area contributed by atoms with Crippen LogP contribution < -0.4 is 9.47 Å². The Labute approximate surface area is 98.5 Å². The van der Waals surface area contributed by atoms with E-state index in [0.29, 0.717) is 3.57 Å². The van der Waals surface area contributed by atoms with Gasteiger partial charge in [-0.15, -0.1) is 0 Å². The minimum Gasteiger partial charge on any atom is -0.496 e. The third-order valence-electron chi connectivity index (χ3n) is 1.78. The number of rotatable bonds is 2. The van der Waals surface area contributed by atoms with Crippen LogP contribution >= 0.6 is 22.6 Å². The van der Waals surface area contributed by atoms with Gasteiger partial charge in [0.25, 0.3) is 0 Å². The molecule has 84 valence electrons. The van der Waals surface area contributed by atoms with Crippen molar-refractivity contribution in [1.82, 2.24) is 0 Å². The van der Waals surface area contributed by atoms with Crippen LogP contribution in [0.1, 0.15) is 5.56 Å². The molecule has 0 radical (unpaired) electrons. The molecule has 0 aliphatic heterocycles. The molecule has 0 spiro atoms. The highest BCUT2D eigenvalue weighted by Gasteiger charge is 2.35. The molecule has 1 rings (SSSR count). The van der Waals surface area contributed by atoms with Gasteiger partial charge in [-0.2, -0.15) is 13.2 Å². The maximum Gasteiger partial charge on any atom is 0.420 e. The van der Waals surface area contributed by atoms with E-state index < -0.39 is 11.7 Å². The summed E-state index contributed by atoms with van der Waals surface area (Å²) in [5.74, 6) is -0.0172. The van der Waals surface area contributed by atoms with Gasteiger partial charge in [0.15, 0.2) is 0 Å². The van der Waals surface area contributed by atoms with E-state index in [2.05, 4.69) is 4.74 Å². The molecule has 0 amide bonds. The highest BCUT2D eigenvalue weighted by molar-refractivity contribution is 14.1. The normalized spacial score (nSPS) is 11.3. The first-order chi connectivity index (χ1) is 6.90. The molecule has 0 aliphatic carbocycles. The summed E-state index contributed by atoms with van der Waals surface area (Å²) in [6.07, 6.45) is -4.44. The van der Waals surface area contributed by atoms with E-state index in [4.69, 9.17) is 4.74 Å². The quantitative estimate of drug-likeness (QED) is 0.774. The first kappa shape index (κ1) is 12.4. The molecule has 0 saturated carbocycles. The Morgan fingerprint density at radius 1 is 1.07 bits per heavy atom. The zero-order valence-electron chi connectivity index (χ0n) is 7.98. The second-order valence-corrected chi connectivity index (χ2v) is 3.85. The molecule has 0 aromatic heterocycles. The fourth-order valence-corrected chi connectivity index (χ4v) is 1.74. The fourth-order valence-electron chi connectivity index (χ4n) is 1.08. The molecule has 1 aromatic carbocycles. The minimum absolute atomic E-state index is 0.184. The summed E-state index contributed by atoms with van der Waals surface area (Å²) in [6.45, 7) is 0. The zero-order chi connectivity index (χ0) is 11.6. The lowest BCUT2D eigenvalue weighted by Crippen LogP contribution is -2.08. The Bertz CT molecular complexity index is 363. The summed E-state index contributed by atoms with van der Waals surface area (Å²) >= 11 is 1.88. The molecule has 0 unspecified atom stereocenters. The predicted molar refractivity (Wildman–Crippen MR) is 57.3 cm³/mol. The number of ether oxygens (including phenoxy) is 2. The van der Waals surface area contributed by atoms with Crippen molar-refractivity contribution in [3.05, 3.63) is 21.3 Å². The van der Waals surface area contributed by atoms with Gasteiger partial charge in [-0.05, 0) is 34.7 Å². The first-order valence-electron chi connectivity index (χ1n) is 3.89. The minimum atomic E-state index is -4.44. The molecule has 0 saturated heterocycles. The maximum absolute atomic E-state index is 12.5. The Hall–Kier alpha value is -0.660. The summed E-state index contributed by atoms with van der Waals surface area (Å²) < 4.78 is 47.7. The van der Waals surface area contributed by atoms with Crippen molar-refractivity contribution in [3.63, 3.8) is 0 Å². The highest BCUT2D eigenvalue weighted by atomic mass is 127. The summed E-state index contributed by atoms with van der Waals surface area (Å²) in [5.41, 5.74) is -0.831. The lowest BCUT2D eigenvalue weighted by molar-refractivity contribution is -0.138. The third kappa shape index (κ3) is 2.67. The molecule has 1 aromatic rings. The number of hydrogen-bond acceptors (Lipinski definition) is 2. The van der Waals surface area contributed by atoms with Crippen LogP contribution in [0.25, 0.3) is 0 Å². The summed E-state index contributed by atoms with van der Waals surface area (Å²) in [6, 6.07) is 2.23. The number of methoxy groups -OCH3 is 2. The van der Waals surface area contributed by atoms with Crippen molar-refractivity contribution in [1.29, 1.82) is 0 Å². The molecule has 0 N–H and O–H groups in total. The van der Waals surface area contributed by atoms with Crippen LogP contribution in [0.15, 0.2) is 12.1 Å². The molecule has 0 aliphatic rings. The average molecular weight is 332 g/mol. The van der Waals surface area contributed by atoms with E-state index in [1.165, 1.54) is 20.3 Å². The van der Waals surface area contributed by atoms with Crippen LogP contribution in [0.5, 0.6) is 11.5 Å². The molecule has 0 fully saturated rings. The molecule has 0 heterocycles. The second kappa shape index (κ2) is 4.46. The van der Waals surface area contributed by atoms with Gasteiger partial charge in [0, 0.05) is 0 Å². The Balaban J connectivity index is 3.36. The Morgan fingerprint density at radius 3 is 2.00 bits per heavy atom. The third-order valence-corrected chi connectivity index (χ3v) is 2.62. The van der Waals surface area contributed by atoms with Crippen LogP contribution in [0, 0.1) is 3.57 Å². The van der Waals surface area contributed by atoms with Gasteiger partial charge >= 0.3 is 6.18 Å². The smallest absolute Gasteiger partial charge is 0.420 e. The first-order valence-corrected chi connectivity index (χ1v) is 4.96. The van der Waals surface area contributed by atoms with E-state index in [-0.39, 0.29) is 11.5 Å². The maximum atomic E-state index is 12.5. The van der Waals surface area contributed by atoms with Crippen molar-refractivity contribution >= 4 is 22.6 Å². The van der Waals surface area contributed by atoms with Crippen molar-refractivity contribution in [2.45, 2.75) is 6.18 Å². The van der Waals surface area contributed by atoms with E-state index >= 15 is 0 Å². The number of halogens is 4. The lowest BCUT2D eigenvalue weighted by Gasteiger charge is -2.14. The van der Waals surface area contributed by atoms with E-state index in [1.807, 2.05) is 22.6 Å². The van der Waals surface area contributed by atoms with E-state index in [9.17, 15) is 13.2 Å². The van der Waals surface area contributed by atoms with E-state index in [1.54, 1.807) is 0 Å². The van der Waals surface area contributed by atoms with Gasteiger partial charge in [-0.1, -0.05) is 0 Å². The average Bonchev–Trinajstić information content (AvgIpc) is 2.15. The van der Waals surface area contributed by atoms with Gasteiger partial charge in [-0.3, -0.25) is 0 Å². The Morgan fingerprint density at radius 2 is 1.60 bits per heavy atom. The highest BCUT2D eigenvalue weighted by Crippen LogP contribution is 2.40. The van der Waals surface area contributed by atoms with Gasteiger partial charge < -0.3 is 9.47 Å². The second-order valence-electron chi connectivity index (χ2n) is 2.68.